The fourth-order valence-electron chi connectivity index (χ4n) is 2.61. The van der Waals surface area contributed by atoms with Gasteiger partial charge in [-0.1, -0.05) is 36.4 Å². The van der Waals surface area contributed by atoms with E-state index < -0.39 is 0 Å². The van der Waals surface area contributed by atoms with Gasteiger partial charge in [0, 0.05) is 0 Å². The Kier molecular flexibility index (Phi) is 4.07. The second kappa shape index (κ2) is 5.77. The van der Waals surface area contributed by atoms with Gasteiger partial charge in [0.2, 0.25) is 0 Å². The molecule has 3 rings (SSSR count). The molecule has 0 bridgehead atoms. The molecule has 1 heterocycles. The highest BCUT2D eigenvalue weighted by Crippen LogP contribution is 2.36. The zero-order valence-corrected chi connectivity index (χ0v) is 14.1. The lowest BCUT2D eigenvalue weighted by molar-refractivity contribution is 0.00578. The summed E-state index contributed by atoms with van der Waals surface area (Å²) in [7, 11) is -0.333. The summed E-state index contributed by atoms with van der Waals surface area (Å²) in [6.45, 7) is 8.21. The normalized spacial score (nSPS) is 19.1. The Hall–Kier alpha value is -1.65. The molecule has 23 heavy (non-hydrogen) atoms. The topological polar surface area (TPSA) is 18.5 Å². The van der Waals surface area contributed by atoms with E-state index in [4.69, 9.17) is 9.31 Å². The van der Waals surface area contributed by atoms with E-state index in [2.05, 4.69) is 39.8 Å². The molecule has 1 fully saturated rings. The molecule has 1 aliphatic rings. The number of hydrogen-bond donors (Lipinski definition) is 0. The van der Waals surface area contributed by atoms with Crippen molar-refractivity contribution in [1.29, 1.82) is 0 Å². The summed E-state index contributed by atoms with van der Waals surface area (Å²) in [5.74, 6) is -0.204. The van der Waals surface area contributed by atoms with Gasteiger partial charge in [-0.15, -0.1) is 0 Å². The molecule has 0 amide bonds. The number of rotatable bonds is 3. The van der Waals surface area contributed by atoms with E-state index in [-0.39, 0.29) is 24.1 Å². The van der Waals surface area contributed by atoms with Gasteiger partial charge >= 0.3 is 7.12 Å². The summed E-state index contributed by atoms with van der Waals surface area (Å²) in [5.41, 5.74) is 2.63. The SMILES string of the molecule is CC1(C)OB(c2ccc(Cc3ccc(F)cc3)cc2)OC1(C)C. The standard InChI is InChI=1S/C19H22BFO2/c1-18(2)19(3,4)23-20(22-18)16-9-5-14(6-10-16)13-15-7-11-17(21)12-8-15/h5-12H,13H2,1-4H3. The van der Waals surface area contributed by atoms with Crippen LogP contribution in [0.1, 0.15) is 38.8 Å². The van der Waals surface area contributed by atoms with Crippen molar-refractivity contribution in [3.63, 3.8) is 0 Å². The molecule has 1 aliphatic heterocycles. The Balaban J connectivity index is 1.72. The molecule has 4 heteroatoms. The molecule has 120 valence electrons. The van der Waals surface area contributed by atoms with Crippen LogP contribution in [0.3, 0.4) is 0 Å². The molecule has 0 aromatic heterocycles. The van der Waals surface area contributed by atoms with Gasteiger partial charge in [-0.05, 0) is 62.8 Å². The molecular formula is C19H22BFO2. The van der Waals surface area contributed by atoms with Crippen LogP contribution < -0.4 is 5.46 Å². The minimum atomic E-state index is -0.333. The zero-order chi connectivity index (χ0) is 16.7. The van der Waals surface area contributed by atoms with E-state index >= 15 is 0 Å². The third kappa shape index (κ3) is 3.33. The monoisotopic (exact) mass is 312 g/mol. The Bertz CT molecular complexity index is 662. The summed E-state index contributed by atoms with van der Waals surface area (Å²) in [6, 6.07) is 14.9. The van der Waals surface area contributed by atoms with E-state index in [0.717, 1.165) is 17.4 Å². The Morgan fingerprint density at radius 1 is 0.783 bits per heavy atom. The van der Waals surface area contributed by atoms with Crippen LogP contribution in [0, 0.1) is 5.82 Å². The van der Waals surface area contributed by atoms with Crippen molar-refractivity contribution in [2.45, 2.75) is 45.3 Å². The van der Waals surface area contributed by atoms with Crippen LogP contribution in [0.4, 0.5) is 4.39 Å². The fourth-order valence-corrected chi connectivity index (χ4v) is 2.61. The minimum Gasteiger partial charge on any atom is -0.399 e. The Morgan fingerprint density at radius 2 is 1.22 bits per heavy atom. The molecule has 1 saturated heterocycles. The highest BCUT2D eigenvalue weighted by Gasteiger charge is 2.51. The Morgan fingerprint density at radius 3 is 1.70 bits per heavy atom. The van der Waals surface area contributed by atoms with Crippen LogP contribution >= 0.6 is 0 Å². The van der Waals surface area contributed by atoms with Crippen LogP contribution in [0.15, 0.2) is 48.5 Å². The lowest BCUT2D eigenvalue weighted by Crippen LogP contribution is -2.41. The number of hydrogen-bond acceptors (Lipinski definition) is 2. The van der Waals surface area contributed by atoms with Crippen molar-refractivity contribution in [3.05, 3.63) is 65.5 Å². The van der Waals surface area contributed by atoms with E-state index in [1.807, 2.05) is 24.3 Å². The van der Waals surface area contributed by atoms with E-state index in [1.165, 1.54) is 17.7 Å². The summed E-state index contributed by atoms with van der Waals surface area (Å²) in [5, 5.41) is 0. The fraction of sp³-hybridized carbons (Fsp3) is 0.368. The highest BCUT2D eigenvalue weighted by molar-refractivity contribution is 6.62. The van der Waals surface area contributed by atoms with Crippen molar-refractivity contribution in [2.75, 3.05) is 0 Å². The van der Waals surface area contributed by atoms with Crippen molar-refractivity contribution >= 4 is 12.6 Å². The second-order valence-corrected chi connectivity index (χ2v) is 7.13. The summed E-state index contributed by atoms with van der Waals surface area (Å²) >= 11 is 0. The largest absolute Gasteiger partial charge is 0.494 e. The predicted molar refractivity (Wildman–Crippen MR) is 91.4 cm³/mol. The summed E-state index contributed by atoms with van der Waals surface area (Å²) in [6.07, 6.45) is 0.782. The third-order valence-electron chi connectivity index (χ3n) is 4.83. The first-order chi connectivity index (χ1) is 10.8. The van der Waals surface area contributed by atoms with Gasteiger partial charge in [0.05, 0.1) is 11.2 Å². The molecule has 0 radical (unpaired) electrons. The van der Waals surface area contributed by atoms with Gasteiger partial charge in [0.15, 0.2) is 0 Å². The molecule has 2 aromatic rings. The molecule has 0 spiro atoms. The molecule has 0 atom stereocenters. The van der Waals surface area contributed by atoms with Gasteiger partial charge < -0.3 is 9.31 Å². The van der Waals surface area contributed by atoms with E-state index in [0.29, 0.717) is 0 Å². The average molecular weight is 312 g/mol. The van der Waals surface area contributed by atoms with Crippen LogP contribution in [-0.4, -0.2) is 18.3 Å². The smallest absolute Gasteiger partial charge is 0.399 e. The maximum atomic E-state index is 12.9. The first kappa shape index (κ1) is 16.2. The van der Waals surface area contributed by atoms with E-state index in [1.54, 1.807) is 0 Å². The van der Waals surface area contributed by atoms with Crippen molar-refractivity contribution < 1.29 is 13.7 Å². The van der Waals surface area contributed by atoms with Gasteiger partial charge in [-0.25, -0.2) is 4.39 Å². The van der Waals surface area contributed by atoms with Gasteiger partial charge in [-0.2, -0.15) is 0 Å². The molecule has 2 aromatic carbocycles. The molecule has 0 saturated carbocycles. The lowest BCUT2D eigenvalue weighted by atomic mass is 9.78. The van der Waals surface area contributed by atoms with Crippen molar-refractivity contribution in [3.8, 4) is 0 Å². The van der Waals surface area contributed by atoms with E-state index in [9.17, 15) is 4.39 Å². The lowest BCUT2D eigenvalue weighted by Gasteiger charge is -2.32. The molecule has 0 aliphatic carbocycles. The molecular weight excluding hydrogens is 290 g/mol. The third-order valence-corrected chi connectivity index (χ3v) is 4.83. The van der Waals surface area contributed by atoms with Gasteiger partial charge in [-0.3, -0.25) is 0 Å². The van der Waals surface area contributed by atoms with Crippen LogP contribution in [0.25, 0.3) is 0 Å². The average Bonchev–Trinajstić information content (AvgIpc) is 2.71. The van der Waals surface area contributed by atoms with Crippen LogP contribution in [-0.2, 0) is 15.7 Å². The predicted octanol–water partition coefficient (Wildman–Crippen LogP) is 3.72. The minimum absolute atomic E-state index is 0.204. The maximum Gasteiger partial charge on any atom is 0.494 e. The summed E-state index contributed by atoms with van der Waals surface area (Å²) in [4.78, 5) is 0. The first-order valence-electron chi connectivity index (χ1n) is 7.96. The van der Waals surface area contributed by atoms with Crippen LogP contribution in [0.2, 0.25) is 0 Å². The molecule has 0 N–H and O–H groups in total. The number of benzene rings is 2. The van der Waals surface area contributed by atoms with Crippen molar-refractivity contribution in [1.82, 2.24) is 0 Å². The van der Waals surface area contributed by atoms with Crippen LogP contribution in [0.5, 0.6) is 0 Å². The van der Waals surface area contributed by atoms with Gasteiger partial charge in [0.1, 0.15) is 5.82 Å². The summed E-state index contributed by atoms with van der Waals surface area (Å²) < 4.78 is 25.1. The Labute approximate surface area is 137 Å². The molecule has 2 nitrogen and oxygen atoms in total. The van der Waals surface area contributed by atoms with Crippen molar-refractivity contribution in [2.24, 2.45) is 0 Å². The highest BCUT2D eigenvalue weighted by atomic mass is 19.1. The van der Waals surface area contributed by atoms with Gasteiger partial charge in [0.25, 0.3) is 0 Å². The molecule has 0 unspecified atom stereocenters. The zero-order valence-electron chi connectivity index (χ0n) is 14.1. The first-order valence-corrected chi connectivity index (χ1v) is 7.96. The number of halogens is 1. The maximum absolute atomic E-state index is 12.9. The second-order valence-electron chi connectivity index (χ2n) is 7.13. The quantitative estimate of drug-likeness (QED) is 0.804.